The van der Waals surface area contributed by atoms with Crippen molar-refractivity contribution in [3.05, 3.63) is 35.1 Å². The molecule has 1 fully saturated rings. The summed E-state index contributed by atoms with van der Waals surface area (Å²) in [6, 6.07) is 1.36. The van der Waals surface area contributed by atoms with Gasteiger partial charge < -0.3 is 10.0 Å². The normalized spacial score (nSPS) is 22.0. The number of carbonyl (C=O) groups is 2. The molecule has 1 aromatic rings. The van der Waals surface area contributed by atoms with E-state index >= 15 is 0 Å². The number of carbonyl (C=O) groups excluding carboxylic acids is 1. The minimum atomic E-state index is -4.83. The predicted molar refractivity (Wildman–Crippen MR) is 72.3 cm³/mol. The monoisotopic (exact) mass is 333 g/mol. The first-order chi connectivity index (χ1) is 10.6. The smallest absolute Gasteiger partial charge is 0.419 e. The van der Waals surface area contributed by atoms with E-state index in [-0.39, 0.29) is 12.1 Å². The van der Waals surface area contributed by atoms with Gasteiger partial charge in [0, 0.05) is 18.2 Å². The Labute approximate surface area is 129 Å². The molecule has 1 heterocycles. The maximum Gasteiger partial charge on any atom is 0.419 e. The zero-order valence-electron chi connectivity index (χ0n) is 12.2. The standard InChI is InChI=1S/C15H15F4NO3/c1-8-10(14(22)23)3-2-6-20(8)13(21)9-4-5-11(12(16)7-9)15(17,18)19/h4-5,7-8,10H,2-3,6H2,1H3,(H,22,23)/t8-,10-/m1/s1. The Morgan fingerprint density at radius 1 is 1.30 bits per heavy atom. The number of hydrogen-bond donors (Lipinski definition) is 1. The summed E-state index contributed by atoms with van der Waals surface area (Å²) in [5, 5.41) is 9.13. The maximum atomic E-state index is 13.6. The number of alkyl halides is 3. The van der Waals surface area contributed by atoms with Crippen molar-refractivity contribution in [3.8, 4) is 0 Å². The average molecular weight is 333 g/mol. The molecule has 1 saturated heterocycles. The number of carboxylic acid groups (broad SMARTS) is 1. The van der Waals surface area contributed by atoms with Crippen LogP contribution in [-0.2, 0) is 11.0 Å². The number of aliphatic carboxylic acids is 1. The first-order valence-electron chi connectivity index (χ1n) is 7.03. The van der Waals surface area contributed by atoms with Gasteiger partial charge in [-0.15, -0.1) is 0 Å². The van der Waals surface area contributed by atoms with Gasteiger partial charge in [-0.3, -0.25) is 9.59 Å². The van der Waals surface area contributed by atoms with Crippen LogP contribution in [0.3, 0.4) is 0 Å². The highest BCUT2D eigenvalue weighted by molar-refractivity contribution is 5.95. The third kappa shape index (κ3) is 3.46. The van der Waals surface area contributed by atoms with E-state index < -0.39 is 41.4 Å². The Morgan fingerprint density at radius 3 is 2.48 bits per heavy atom. The van der Waals surface area contributed by atoms with Gasteiger partial charge in [-0.05, 0) is 38.0 Å². The van der Waals surface area contributed by atoms with Crippen LogP contribution in [0.5, 0.6) is 0 Å². The number of piperidine rings is 1. The molecule has 1 N–H and O–H groups in total. The molecule has 126 valence electrons. The number of amides is 1. The van der Waals surface area contributed by atoms with Crippen molar-refractivity contribution in [2.45, 2.75) is 32.0 Å². The van der Waals surface area contributed by atoms with Crippen LogP contribution in [0.2, 0.25) is 0 Å². The van der Waals surface area contributed by atoms with Crippen LogP contribution in [0.15, 0.2) is 18.2 Å². The van der Waals surface area contributed by atoms with Gasteiger partial charge in [0.2, 0.25) is 0 Å². The van der Waals surface area contributed by atoms with E-state index in [4.69, 9.17) is 5.11 Å². The lowest BCUT2D eigenvalue weighted by molar-refractivity contribution is -0.145. The Morgan fingerprint density at radius 2 is 1.96 bits per heavy atom. The van der Waals surface area contributed by atoms with Crippen molar-refractivity contribution >= 4 is 11.9 Å². The molecule has 8 heteroatoms. The minimum Gasteiger partial charge on any atom is -0.481 e. The van der Waals surface area contributed by atoms with E-state index in [2.05, 4.69) is 0 Å². The minimum absolute atomic E-state index is 0.228. The Kier molecular flexibility index (Phi) is 4.63. The van der Waals surface area contributed by atoms with Crippen molar-refractivity contribution in [1.29, 1.82) is 0 Å². The fourth-order valence-corrected chi connectivity index (χ4v) is 2.80. The van der Waals surface area contributed by atoms with Crippen LogP contribution < -0.4 is 0 Å². The van der Waals surface area contributed by atoms with Gasteiger partial charge >= 0.3 is 12.1 Å². The van der Waals surface area contributed by atoms with Crippen molar-refractivity contribution in [3.63, 3.8) is 0 Å². The molecule has 2 atom stereocenters. The van der Waals surface area contributed by atoms with Gasteiger partial charge in [0.15, 0.2) is 0 Å². The Bertz CT molecular complexity index is 630. The lowest BCUT2D eigenvalue weighted by Crippen LogP contribution is -2.49. The summed E-state index contributed by atoms with van der Waals surface area (Å²) < 4.78 is 51.2. The van der Waals surface area contributed by atoms with E-state index in [1.165, 1.54) is 4.90 Å². The summed E-state index contributed by atoms with van der Waals surface area (Å²) in [6.07, 6.45) is -3.95. The molecular formula is C15H15F4NO3. The zero-order valence-corrected chi connectivity index (χ0v) is 12.2. The summed E-state index contributed by atoms with van der Waals surface area (Å²) in [5.41, 5.74) is -1.67. The highest BCUT2D eigenvalue weighted by Gasteiger charge is 2.37. The number of hydrogen-bond acceptors (Lipinski definition) is 2. The van der Waals surface area contributed by atoms with Crippen molar-refractivity contribution in [2.75, 3.05) is 6.54 Å². The fraction of sp³-hybridized carbons (Fsp3) is 0.467. The van der Waals surface area contributed by atoms with E-state index in [0.29, 0.717) is 25.0 Å². The summed E-state index contributed by atoms with van der Waals surface area (Å²) in [5.74, 6) is -3.97. The number of benzene rings is 1. The predicted octanol–water partition coefficient (Wildman–Crippen LogP) is 3.17. The second-order valence-corrected chi connectivity index (χ2v) is 5.52. The largest absolute Gasteiger partial charge is 0.481 e. The van der Waals surface area contributed by atoms with Crippen molar-refractivity contribution in [1.82, 2.24) is 4.90 Å². The molecule has 2 rings (SSSR count). The molecule has 1 aliphatic rings. The topological polar surface area (TPSA) is 57.6 Å². The average Bonchev–Trinajstić information content (AvgIpc) is 2.45. The molecule has 0 radical (unpaired) electrons. The van der Waals surface area contributed by atoms with Gasteiger partial charge in [-0.1, -0.05) is 0 Å². The van der Waals surface area contributed by atoms with Crippen LogP contribution in [0.4, 0.5) is 17.6 Å². The first kappa shape index (κ1) is 17.2. The van der Waals surface area contributed by atoms with Crippen LogP contribution in [0, 0.1) is 11.7 Å². The quantitative estimate of drug-likeness (QED) is 0.846. The molecule has 0 unspecified atom stereocenters. The van der Waals surface area contributed by atoms with Crippen LogP contribution in [0.1, 0.15) is 35.7 Å². The molecule has 0 aromatic heterocycles. The Hall–Kier alpha value is -2.12. The van der Waals surface area contributed by atoms with Gasteiger partial charge in [-0.2, -0.15) is 13.2 Å². The second-order valence-electron chi connectivity index (χ2n) is 5.52. The van der Waals surface area contributed by atoms with Crippen LogP contribution in [0.25, 0.3) is 0 Å². The van der Waals surface area contributed by atoms with Crippen LogP contribution in [-0.4, -0.2) is 34.5 Å². The highest BCUT2D eigenvalue weighted by atomic mass is 19.4. The summed E-state index contributed by atoms with van der Waals surface area (Å²) in [6.45, 7) is 1.85. The van der Waals surface area contributed by atoms with E-state index in [0.717, 1.165) is 6.07 Å². The zero-order chi connectivity index (χ0) is 17.4. The SMILES string of the molecule is C[C@@H]1[C@H](C(=O)O)CCCN1C(=O)c1ccc(C(F)(F)F)c(F)c1. The number of nitrogens with zero attached hydrogens (tertiary/aromatic N) is 1. The first-order valence-corrected chi connectivity index (χ1v) is 7.03. The third-order valence-corrected chi connectivity index (χ3v) is 4.09. The van der Waals surface area contributed by atoms with Gasteiger partial charge in [-0.25, -0.2) is 4.39 Å². The number of carboxylic acids is 1. The summed E-state index contributed by atoms with van der Waals surface area (Å²) in [7, 11) is 0. The lowest BCUT2D eigenvalue weighted by Gasteiger charge is -2.37. The summed E-state index contributed by atoms with van der Waals surface area (Å²) >= 11 is 0. The van der Waals surface area contributed by atoms with E-state index in [1.54, 1.807) is 6.92 Å². The maximum absolute atomic E-state index is 13.6. The van der Waals surface area contributed by atoms with E-state index in [1.807, 2.05) is 0 Å². The molecule has 0 aliphatic carbocycles. The van der Waals surface area contributed by atoms with E-state index in [9.17, 15) is 27.2 Å². The molecule has 0 spiro atoms. The number of likely N-dealkylation sites (tertiary alicyclic amines) is 1. The van der Waals surface area contributed by atoms with Crippen LogP contribution >= 0.6 is 0 Å². The number of rotatable bonds is 2. The van der Waals surface area contributed by atoms with Gasteiger partial charge in [0.1, 0.15) is 5.82 Å². The molecule has 1 amide bonds. The molecule has 0 saturated carbocycles. The molecule has 23 heavy (non-hydrogen) atoms. The molecular weight excluding hydrogens is 318 g/mol. The Balaban J connectivity index is 2.27. The van der Waals surface area contributed by atoms with Crippen molar-refractivity contribution < 1.29 is 32.3 Å². The summed E-state index contributed by atoms with van der Waals surface area (Å²) in [4.78, 5) is 24.8. The molecule has 0 bridgehead atoms. The highest BCUT2D eigenvalue weighted by Crippen LogP contribution is 2.32. The lowest BCUT2D eigenvalue weighted by atomic mass is 9.90. The van der Waals surface area contributed by atoms with Crippen molar-refractivity contribution in [2.24, 2.45) is 5.92 Å². The second kappa shape index (κ2) is 6.17. The molecule has 1 aromatic carbocycles. The molecule has 1 aliphatic heterocycles. The van der Waals surface area contributed by atoms with Gasteiger partial charge in [0.25, 0.3) is 5.91 Å². The number of halogens is 4. The third-order valence-electron chi connectivity index (χ3n) is 4.09. The molecule has 4 nitrogen and oxygen atoms in total. The van der Waals surface area contributed by atoms with Gasteiger partial charge in [0.05, 0.1) is 11.5 Å². The fourth-order valence-electron chi connectivity index (χ4n) is 2.80.